The SMILES string of the molecule is COc1cccc2c1C(=O)c1c(O)c3c(c(O)c1C2=O)C[C@@](O)(C(C)=O)C[C@@H]3OC1CC(NCc2ccccc2[N+](=O)[O-])C(O)C(C)O1.Cl. The molecule has 6 atom stereocenters. The molecule has 49 heavy (non-hydrogen) atoms. The number of methoxy groups -OCH3 is 1. The number of Topliss-reactive ketones (excluding diaryl/α,β-unsaturated/α-hetero) is 1. The third-order valence-electron chi connectivity index (χ3n) is 9.50. The number of ketones is 3. The molecule has 0 bridgehead atoms. The Bertz CT molecular complexity index is 1860. The van der Waals surface area contributed by atoms with Crippen LogP contribution in [0.4, 0.5) is 5.69 Å². The molecule has 1 heterocycles. The number of carbonyl (C=O) groups excluding carboxylic acids is 3. The standard InChI is InChI=1S/C34H34N2O12.ClH/c1-15-29(38)20(35-14-17-7-4-5-9-21(17)36(44)45)11-24(47-15)48-23-13-34(43,16(2)37)12-19-26(23)33(42)28-27(31(19)40)30(39)18-8-6-10-22(46-3)25(18)32(28)41;/h4-10,15,20,23-24,29,35,38,40,42-43H,11-14H2,1-3H3;1H/t15?,20?,23-,24?,29?,34-;/m0./s1. The zero-order valence-electron chi connectivity index (χ0n) is 26.7. The van der Waals surface area contributed by atoms with Crippen LogP contribution < -0.4 is 10.1 Å². The monoisotopic (exact) mass is 698 g/mol. The minimum Gasteiger partial charge on any atom is -0.507 e. The van der Waals surface area contributed by atoms with Crippen molar-refractivity contribution in [3.05, 3.63) is 91.5 Å². The maximum Gasteiger partial charge on any atom is 0.273 e. The Balaban J connectivity index is 0.00000468. The van der Waals surface area contributed by atoms with E-state index in [-0.39, 0.29) is 59.1 Å². The lowest BCUT2D eigenvalue weighted by molar-refractivity contribution is -0.385. The van der Waals surface area contributed by atoms with Crippen LogP contribution in [-0.2, 0) is 27.2 Å². The van der Waals surface area contributed by atoms with Crippen LogP contribution in [-0.4, -0.2) is 79.9 Å². The minimum absolute atomic E-state index is 0. The summed E-state index contributed by atoms with van der Waals surface area (Å²) >= 11 is 0. The second-order valence-electron chi connectivity index (χ2n) is 12.3. The van der Waals surface area contributed by atoms with Gasteiger partial charge in [0.15, 0.2) is 17.9 Å². The van der Waals surface area contributed by atoms with Crippen LogP contribution in [0.25, 0.3) is 0 Å². The molecule has 0 spiro atoms. The van der Waals surface area contributed by atoms with Crippen molar-refractivity contribution in [3.8, 4) is 17.2 Å². The lowest BCUT2D eigenvalue weighted by Crippen LogP contribution is -2.54. The van der Waals surface area contributed by atoms with Gasteiger partial charge in [-0.2, -0.15) is 0 Å². The average Bonchev–Trinajstić information content (AvgIpc) is 3.05. The molecule has 0 saturated carbocycles. The first-order chi connectivity index (χ1) is 22.8. The number of nitrogens with one attached hydrogen (secondary N) is 1. The maximum atomic E-state index is 13.9. The van der Waals surface area contributed by atoms with Gasteiger partial charge < -0.3 is 40.0 Å². The normalized spacial score (nSPS) is 25.8. The lowest BCUT2D eigenvalue weighted by atomic mass is 9.72. The summed E-state index contributed by atoms with van der Waals surface area (Å²) in [5.41, 5.74) is -3.08. The number of aliphatic hydroxyl groups excluding tert-OH is 1. The van der Waals surface area contributed by atoms with Crippen molar-refractivity contribution in [1.29, 1.82) is 0 Å². The molecule has 3 aromatic carbocycles. The summed E-state index contributed by atoms with van der Waals surface area (Å²) in [6.07, 6.45) is -5.18. The Morgan fingerprint density at radius 2 is 1.78 bits per heavy atom. The predicted molar refractivity (Wildman–Crippen MR) is 173 cm³/mol. The summed E-state index contributed by atoms with van der Waals surface area (Å²) in [6.45, 7) is 2.79. The number of nitro benzene ring substituents is 1. The first-order valence-electron chi connectivity index (χ1n) is 15.3. The van der Waals surface area contributed by atoms with E-state index in [1.54, 1.807) is 25.1 Å². The van der Waals surface area contributed by atoms with Gasteiger partial charge in [0.2, 0.25) is 5.78 Å². The van der Waals surface area contributed by atoms with Gasteiger partial charge in [0, 0.05) is 60.2 Å². The third-order valence-corrected chi connectivity index (χ3v) is 9.50. The Kier molecular flexibility index (Phi) is 9.85. The molecule has 1 aliphatic heterocycles. The van der Waals surface area contributed by atoms with E-state index in [1.807, 2.05) is 0 Å². The highest BCUT2D eigenvalue weighted by Crippen LogP contribution is 2.52. The quantitative estimate of drug-likeness (QED) is 0.102. The highest BCUT2D eigenvalue weighted by molar-refractivity contribution is 6.31. The van der Waals surface area contributed by atoms with Crippen LogP contribution in [0.1, 0.15) is 81.3 Å². The molecule has 0 radical (unpaired) electrons. The number of nitrogens with zero attached hydrogens (tertiary/aromatic N) is 1. The minimum atomic E-state index is -2.08. The van der Waals surface area contributed by atoms with Gasteiger partial charge in [-0.05, 0) is 19.9 Å². The second kappa shape index (κ2) is 13.5. The number of aliphatic hydroxyl groups is 2. The topological polar surface area (TPSA) is 215 Å². The summed E-state index contributed by atoms with van der Waals surface area (Å²) in [6, 6.07) is 9.86. The van der Waals surface area contributed by atoms with E-state index in [9.17, 15) is 44.9 Å². The first-order valence-corrected chi connectivity index (χ1v) is 15.3. The van der Waals surface area contributed by atoms with Gasteiger partial charge in [0.05, 0.1) is 47.0 Å². The number of nitro groups is 1. The van der Waals surface area contributed by atoms with Gasteiger partial charge in [-0.15, -0.1) is 12.4 Å². The number of halogens is 1. The Morgan fingerprint density at radius 1 is 1.08 bits per heavy atom. The zero-order chi connectivity index (χ0) is 34.7. The molecule has 1 fully saturated rings. The summed E-state index contributed by atoms with van der Waals surface area (Å²) in [4.78, 5) is 51.3. The van der Waals surface area contributed by atoms with Crippen molar-refractivity contribution in [1.82, 2.24) is 5.32 Å². The fraction of sp³-hybridized carbons (Fsp3) is 0.382. The van der Waals surface area contributed by atoms with Gasteiger partial charge in [0.25, 0.3) is 5.69 Å². The molecule has 6 rings (SSSR count). The molecule has 2 aliphatic carbocycles. The number of fused-ring (bicyclic) bond motifs is 3. The van der Waals surface area contributed by atoms with Gasteiger partial charge in [0.1, 0.15) is 22.8 Å². The number of hydrogen-bond acceptors (Lipinski definition) is 13. The van der Waals surface area contributed by atoms with E-state index in [0.29, 0.717) is 5.56 Å². The van der Waals surface area contributed by atoms with Crippen LogP contribution in [0.5, 0.6) is 17.2 Å². The Hall–Kier alpha value is -4.44. The molecule has 3 aliphatic rings. The number of phenols is 2. The maximum absolute atomic E-state index is 13.9. The molecule has 4 unspecified atom stereocenters. The molecular formula is C34H35ClN2O12. The molecule has 0 amide bonds. The second-order valence-corrected chi connectivity index (χ2v) is 12.3. The number of phenolic OH excluding ortho intramolecular Hbond substituents is 2. The summed E-state index contributed by atoms with van der Waals surface area (Å²) in [5.74, 6) is -3.42. The molecule has 260 valence electrons. The Morgan fingerprint density at radius 3 is 2.45 bits per heavy atom. The van der Waals surface area contributed by atoms with Crippen LogP contribution in [0.15, 0.2) is 42.5 Å². The van der Waals surface area contributed by atoms with Crippen molar-refractivity contribution >= 4 is 35.4 Å². The molecule has 14 nitrogen and oxygen atoms in total. The Labute approximate surface area is 286 Å². The van der Waals surface area contributed by atoms with Crippen LogP contribution in [0.3, 0.4) is 0 Å². The smallest absolute Gasteiger partial charge is 0.273 e. The number of hydrogen-bond donors (Lipinski definition) is 5. The van der Waals surface area contributed by atoms with Gasteiger partial charge in [-0.25, -0.2) is 0 Å². The van der Waals surface area contributed by atoms with Gasteiger partial charge in [-0.3, -0.25) is 24.5 Å². The molecule has 0 aromatic heterocycles. The molecule has 1 saturated heterocycles. The molecule has 15 heteroatoms. The van der Waals surface area contributed by atoms with Crippen molar-refractivity contribution in [2.24, 2.45) is 0 Å². The summed E-state index contributed by atoms with van der Waals surface area (Å²) < 4.78 is 17.5. The van der Waals surface area contributed by atoms with E-state index in [1.165, 1.54) is 31.4 Å². The molecule has 3 aromatic rings. The summed E-state index contributed by atoms with van der Waals surface area (Å²) in [7, 11) is 1.32. The van der Waals surface area contributed by atoms with Crippen molar-refractivity contribution in [3.63, 3.8) is 0 Å². The fourth-order valence-corrected chi connectivity index (χ4v) is 6.91. The number of rotatable bonds is 8. The zero-order valence-corrected chi connectivity index (χ0v) is 27.5. The third kappa shape index (κ3) is 6.05. The van der Waals surface area contributed by atoms with E-state index in [0.717, 1.165) is 6.92 Å². The largest absolute Gasteiger partial charge is 0.507 e. The van der Waals surface area contributed by atoms with Crippen molar-refractivity contribution in [2.45, 2.75) is 75.9 Å². The van der Waals surface area contributed by atoms with Gasteiger partial charge in [-0.1, -0.05) is 30.3 Å². The van der Waals surface area contributed by atoms with Crippen molar-refractivity contribution in [2.75, 3.05) is 7.11 Å². The highest BCUT2D eigenvalue weighted by atomic mass is 35.5. The van der Waals surface area contributed by atoms with E-state index in [4.69, 9.17) is 14.2 Å². The number of benzene rings is 3. The van der Waals surface area contributed by atoms with Gasteiger partial charge >= 0.3 is 0 Å². The van der Waals surface area contributed by atoms with Crippen LogP contribution in [0.2, 0.25) is 0 Å². The molecular weight excluding hydrogens is 664 g/mol. The number of aromatic hydroxyl groups is 2. The number of ether oxygens (including phenoxy) is 3. The van der Waals surface area contributed by atoms with Crippen molar-refractivity contribution < 1.29 is 53.9 Å². The predicted octanol–water partition coefficient (Wildman–Crippen LogP) is 3.19. The fourth-order valence-electron chi connectivity index (χ4n) is 6.91. The molecule has 5 N–H and O–H groups in total. The van der Waals surface area contributed by atoms with Crippen LogP contribution in [0, 0.1) is 10.1 Å². The van der Waals surface area contributed by atoms with E-state index < -0.39 is 94.0 Å². The lowest BCUT2D eigenvalue weighted by Gasteiger charge is -2.43. The first kappa shape index (κ1) is 35.9. The van der Waals surface area contributed by atoms with E-state index in [2.05, 4.69) is 5.32 Å². The summed E-state index contributed by atoms with van der Waals surface area (Å²) in [5, 5.41) is 60.2. The van der Waals surface area contributed by atoms with Crippen LogP contribution >= 0.6 is 12.4 Å². The average molecular weight is 699 g/mol. The number of carbonyl (C=O) groups is 3. The number of para-hydroxylation sites is 1. The highest BCUT2D eigenvalue weighted by Gasteiger charge is 2.49. The van der Waals surface area contributed by atoms with E-state index >= 15 is 0 Å².